The van der Waals surface area contributed by atoms with Crippen molar-refractivity contribution in [3.8, 4) is 0 Å². The van der Waals surface area contributed by atoms with Crippen molar-refractivity contribution >= 4 is 17.7 Å². The second-order valence-corrected chi connectivity index (χ2v) is 13.7. The highest BCUT2D eigenvalue weighted by Crippen LogP contribution is 2.76. The summed E-state index contributed by atoms with van der Waals surface area (Å²) in [6, 6.07) is 0. The number of hydrogen-bond acceptors (Lipinski definition) is 7. The molecule has 4 aliphatic carbocycles. The summed E-state index contributed by atoms with van der Waals surface area (Å²) in [5.74, 6) is -2.92. The first-order valence-corrected chi connectivity index (χ1v) is 15.6. The fourth-order valence-corrected chi connectivity index (χ4v) is 8.48. The van der Waals surface area contributed by atoms with Crippen molar-refractivity contribution in [2.24, 2.45) is 29.1 Å². The van der Waals surface area contributed by atoms with Gasteiger partial charge >= 0.3 is 11.9 Å². The Bertz CT molecular complexity index is 1120. The number of Topliss-reactive ketones (excluding diaryl/α,β-unsaturated/α-hetero) is 1. The molecule has 0 heterocycles. The molecule has 7 atom stereocenters. The molecule has 0 bridgehead atoms. The molecule has 7 nitrogen and oxygen atoms in total. The lowest BCUT2D eigenvalue weighted by Gasteiger charge is -2.50. The molecule has 41 heavy (non-hydrogen) atoms. The van der Waals surface area contributed by atoms with E-state index in [2.05, 4.69) is 20.4 Å². The van der Waals surface area contributed by atoms with Gasteiger partial charge in [-0.15, -0.1) is 6.58 Å². The van der Waals surface area contributed by atoms with Crippen molar-refractivity contribution in [2.45, 2.75) is 122 Å². The monoisotopic (exact) mass is 570 g/mol. The van der Waals surface area contributed by atoms with Crippen LogP contribution in [0, 0.1) is 29.1 Å². The Balaban J connectivity index is 1.50. The number of allylic oxidation sites excluding steroid dienone is 1. The summed E-state index contributed by atoms with van der Waals surface area (Å²) in [4.78, 5) is 38.0. The van der Waals surface area contributed by atoms with Crippen molar-refractivity contribution in [3.05, 3.63) is 36.0 Å². The Morgan fingerprint density at radius 2 is 1.71 bits per heavy atom. The van der Waals surface area contributed by atoms with Crippen molar-refractivity contribution < 1.29 is 34.1 Å². The molecule has 4 aliphatic rings. The highest BCUT2D eigenvalue weighted by atomic mass is 16.6. The van der Waals surface area contributed by atoms with Gasteiger partial charge < -0.3 is 19.7 Å². The molecule has 0 amide bonds. The minimum Gasteiger partial charge on any atom is -0.461 e. The van der Waals surface area contributed by atoms with Gasteiger partial charge in [-0.2, -0.15) is 0 Å². The third-order valence-corrected chi connectivity index (χ3v) is 10.7. The number of ketones is 1. The largest absolute Gasteiger partial charge is 0.461 e. The number of rotatable bonds is 13. The minimum absolute atomic E-state index is 0.0165. The zero-order valence-corrected chi connectivity index (χ0v) is 25.7. The van der Waals surface area contributed by atoms with E-state index < -0.39 is 45.8 Å². The van der Waals surface area contributed by atoms with E-state index in [1.165, 1.54) is 32.6 Å². The second-order valence-electron chi connectivity index (χ2n) is 13.7. The number of unbranched alkanes of at least 4 members (excludes halogenated alkanes) is 7. The number of carbonyl (C=O) groups excluding carboxylic acids is 3. The smallest absolute Gasteiger partial charge is 0.306 e. The van der Waals surface area contributed by atoms with Crippen LogP contribution >= 0.6 is 0 Å². The first-order valence-electron chi connectivity index (χ1n) is 15.6. The molecule has 0 aromatic heterocycles. The maximum Gasteiger partial charge on any atom is 0.306 e. The van der Waals surface area contributed by atoms with E-state index >= 15 is 0 Å². The molecule has 0 aliphatic heterocycles. The van der Waals surface area contributed by atoms with E-state index in [-0.39, 0.29) is 30.8 Å². The van der Waals surface area contributed by atoms with Crippen LogP contribution in [0.25, 0.3) is 0 Å². The van der Waals surface area contributed by atoms with Crippen LogP contribution in [0.2, 0.25) is 0 Å². The molecule has 4 rings (SSSR count). The number of esters is 2. The Morgan fingerprint density at radius 1 is 1.07 bits per heavy atom. The van der Waals surface area contributed by atoms with E-state index in [9.17, 15) is 24.6 Å². The van der Waals surface area contributed by atoms with Crippen LogP contribution in [0.15, 0.2) is 36.0 Å². The Morgan fingerprint density at radius 3 is 2.34 bits per heavy atom. The van der Waals surface area contributed by atoms with E-state index in [0.29, 0.717) is 24.0 Å². The zero-order valence-electron chi connectivity index (χ0n) is 25.7. The van der Waals surface area contributed by atoms with Gasteiger partial charge in [0.15, 0.2) is 5.78 Å². The van der Waals surface area contributed by atoms with Crippen molar-refractivity contribution in [1.82, 2.24) is 0 Å². The van der Waals surface area contributed by atoms with Gasteiger partial charge in [-0.05, 0) is 49.7 Å². The summed E-state index contributed by atoms with van der Waals surface area (Å²) in [5, 5.41) is 24.3. The highest BCUT2D eigenvalue weighted by Gasteiger charge is 2.83. The van der Waals surface area contributed by atoms with Crippen LogP contribution in [-0.4, -0.2) is 51.3 Å². The summed E-state index contributed by atoms with van der Waals surface area (Å²) in [5.41, 5.74) is -3.36. The summed E-state index contributed by atoms with van der Waals surface area (Å²) < 4.78 is 11.6. The fraction of sp³-hybridized carbons (Fsp3) is 0.735. The first kappa shape index (κ1) is 31.7. The average Bonchev–Trinajstić information content (AvgIpc) is 3.30. The summed E-state index contributed by atoms with van der Waals surface area (Å²) >= 11 is 0. The Labute approximate surface area is 245 Å². The van der Waals surface area contributed by atoms with E-state index in [1.54, 1.807) is 13.0 Å². The topological polar surface area (TPSA) is 110 Å². The standard InChI is InChI=1S/C34H50O7/c1-7-8-9-10-11-12-13-14-15-16-28(36)41-33-19-23(3)34(39)26(29(33)31(33,5)6)18-25(21-40-24(4)35)20-32(38)27(34)17-22(2)30(32)37/h7,17-18,23,26-27,29,38-39H,1,8-16,19-21H2,2-6H3. The van der Waals surface area contributed by atoms with E-state index in [1.807, 2.05) is 19.1 Å². The van der Waals surface area contributed by atoms with Crippen molar-refractivity contribution in [2.75, 3.05) is 6.61 Å². The normalized spacial score (nSPS) is 36.6. The van der Waals surface area contributed by atoms with Gasteiger partial charge in [0, 0.05) is 42.9 Å². The average molecular weight is 571 g/mol. The summed E-state index contributed by atoms with van der Waals surface area (Å²) in [6.45, 7) is 12.8. The van der Waals surface area contributed by atoms with Gasteiger partial charge in [0.2, 0.25) is 0 Å². The van der Waals surface area contributed by atoms with Gasteiger partial charge in [0.05, 0.1) is 5.60 Å². The molecule has 0 aromatic rings. The van der Waals surface area contributed by atoms with E-state index in [4.69, 9.17) is 9.47 Å². The Hall–Kier alpha value is -2.25. The summed E-state index contributed by atoms with van der Waals surface area (Å²) in [7, 11) is 0. The quantitative estimate of drug-likeness (QED) is 0.164. The molecular weight excluding hydrogens is 520 g/mol. The summed E-state index contributed by atoms with van der Waals surface area (Å²) in [6.07, 6.45) is 15.2. The lowest BCUT2D eigenvalue weighted by Crippen LogP contribution is -2.61. The van der Waals surface area contributed by atoms with Crippen LogP contribution in [0.1, 0.15) is 105 Å². The van der Waals surface area contributed by atoms with Gasteiger partial charge in [0.1, 0.15) is 17.8 Å². The molecule has 2 fully saturated rings. The fourth-order valence-electron chi connectivity index (χ4n) is 8.48. The predicted octanol–water partition coefficient (Wildman–Crippen LogP) is 5.78. The molecule has 228 valence electrons. The van der Waals surface area contributed by atoms with Gasteiger partial charge in [-0.3, -0.25) is 14.4 Å². The molecule has 7 heteroatoms. The number of ether oxygens (including phenoxy) is 2. The molecular formula is C34H50O7. The second kappa shape index (κ2) is 11.8. The first-order chi connectivity index (χ1) is 19.3. The third-order valence-electron chi connectivity index (χ3n) is 10.7. The number of fused-ring (bicyclic) bond motifs is 5. The van der Waals surface area contributed by atoms with Crippen LogP contribution < -0.4 is 0 Å². The number of carbonyl (C=O) groups is 3. The maximum absolute atomic E-state index is 13.2. The van der Waals surface area contributed by atoms with Crippen LogP contribution in [0.5, 0.6) is 0 Å². The number of aliphatic hydroxyl groups is 2. The lowest BCUT2D eigenvalue weighted by molar-refractivity contribution is -0.187. The molecule has 7 unspecified atom stereocenters. The molecule has 0 spiro atoms. The zero-order chi connectivity index (χ0) is 30.2. The van der Waals surface area contributed by atoms with Gasteiger partial charge in [0.25, 0.3) is 0 Å². The lowest BCUT2D eigenvalue weighted by atomic mass is 9.60. The predicted molar refractivity (Wildman–Crippen MR) is 157 cm³/mol. The van der Waals surface area contributed by atoms with Crippen molar-refractivity contribution in [1.29, 1.82) is 0 Å². The van der Waals surface area contributed by atoms with Gasteiger partial charge in [-0.1, -0.05) is 71.1 Å². The third kappa shape index (κ3) is 5.49. The van der Waals surface area contributed by atoms with Crippen LogP contribution in [-0.2, 0) is 23.9 Å². The van der Waals surface area contributed by atoms with Gasteiger partial charge in [-0.25, -0.2) is 0 Å². The maximum atomic E-state index is 13.2. The van der Waals surface area contributed by atoms with E-state index in [0.717, 1.165) is 25.7 Å². The molecule has 0 saturated heterocycles. The molecule has 2 saturated carbocycles. The SMILES string of the molecule is C=CCCCCCCCCCC(=O)OC12CC(C)C3(O)C(C=C(COC(C)=O)CC4(O)C(=O)C(C)=CC43)C1C2(C)C. The molecule has 0 radical (unpaired) electrons. The van der Waals surface area contributed by atoms with Crippen molar-refractivity contribution in [3.63, 3.8) is 0 Å². The minimum atomic E-state index is -1.81. The molecule has 2 N–H and O–H groups in total. The highest BCUT2D eigenvalue weighted by molar-refractivity contribution is 6.04. The number of hydrogen-bond donors (Lipinski definition) is 2. The Kier molecular flexibility index (Phi) is 9.11. The van der Waals surface area contributed by atoms with Crippen LogP contribution in [0.3, 0.4) is 0 Å². The van der Waals surface area contributed by atoms with Crippen LogP contribution in [0.4, 0.5) is 0 Å². The molecule has 0 aromatic carbocycles.